The second-order valence-corrected chi connectivity index (χ2v) is 8.03. The smallest absolute Gasteiger partial charge is 0.270 e. The van der Waals surface area contributed by atoms with Crippen molar-refractivity contribution in [3.63, 3.8) is 0 Å². The Labute approximate surface area is 180 Å². The topological polar surface area (TPSA) is 32.7 Å². The normalized spacial score (nSPS) is 18.6. The first-order valence-corrected chi connectivity index (χ1v) is 10.2. The molecule has 4 aromatic carbocycles. The summed E-state index contributed by atoms with van der Waals surface area (Å²) in [5, 5.41) is 8.36. The maximum atomic E-state index is 13.6. The number of halogens is 1. The Hall–Kier alpha value is -3.43. The predicted octanol–water partition coefficient (Wildman–Crippen LogP) is 5.81. The molecule has 5 rings (SSSR count). The SMILES string of the molecule is O=C1N(c2ccccc2)N=C(c2ccccc2)[C@@]1(Cl)Cc1cccc2ccccc12. The molecular formula is C26H19ClN2O. The van der Waals surface area contributed by atoms with Crippen molar-refractivity contribution in [2.24, 2.45) is 5.10 Å². The van der Waals surface area contributed by atoms with Gasteiger partial charge >= 0.3 is 0 Å². The molecule has 0 aliphatic carbocycles. The van der Waals surface area contributed by atoms with Gasteiger partial charge in [-0.3, -0.25) is 4.79 Å². The molecule has 0 N–H and O–H groups in total. The maximum Gasteiger partial charge on any atom is 0.275 e. The summed E-state index contributed by atoms with van der Waals surface area (Å²) in [7, 11) is 0. The fourth-order valence-electron chi connectivity index (χ4n) is 3.99. The number of hydrogen-bond acceptors (Lipinski definition) is 2. The van der Waals surface area contributed by atoms with Gasteiger partial charge < -0.3 is 0 Å². The van der Waals surface area contributed by atoms with Crippen molar-refractivity contribution in [2.75, 3.05) is 5.01 Å². The molecule has 0 unspecified atom stereocenters. The Morgan fingerprint density at radius 2 is 1.40 bits per heavy atom. The number of carbonyl (C=O) groups excluding carboxylic acids is 1. The molecule has 1 atom stereocenters. The largest absolute Gasteiger partial charge is 0.275 e. The number of rotatable bonds is 4. The Morgan fingerprint density at radius 3 is 2.17 bits per heavy atom. The zero-order valence-electron chi connectivity index (χ0n) is 16.2. The first-order chi connectivity index (χ1) is 14.7. The van der Waals surface area contributed by atoms with Crippen LogP contribution in [-0.2, 0) is 11.2 Å². The lowest BCUT2D eigenvalue weighted by Crippen LogP contribution is -2.44. The van der Waals surface area contributed by atoms with Crippen LogP contribution in [0.2, 0.25) is 0 Å². The maximum absolute atomic E-state index is 13.6. The summed E-state index contributed by atoms with van der Waals surface area (Å²) in [6, 6.07) is 33.4. The minimum atomic E-state index is -1.29. The van der Waals surface area contributed by atoms with E-state index < -0.39 is 4.87 Å². The van der Waals surface area contributed by atoms with Crippen LogP contribution in [0.4, 0.5) is 5.69 Å². The third-order valence-corrected chi connectivity index (χ3v) is 5.94. The molecular weight excluding hydrogens is 392 g/mol. The summed E-state index contributed by atoms with van der Waals surface area (Å²) in [6.45, 7) is 0. The van der Waals surface area contributed by atoms with Crippen LogP contribution in [0.3, 0.4) is 0 Å². The Bertz CT molecular complexity index is 1250. The van der Waals surface area contributed by atoms with Gasteiger partial charge in [0.25, 0.3) is 5.91 Å². The fourth-order valence-corrected chi connectivity index (χ4v) is 4.36. The Morgan fingerprint density at radius 1 is 0.767 bits per heavy atom. The summed E-state index contributed by atoms with van der Waals surface area (Å²) in [5.41, 5.74) is 3.15. The molecule has 4 heteroatoms. The third kappa shape index (κ3) is 3.08. The average Bonchev–Trinajstić information content (AvgIpc) is 3.06. The molecule has 0 spiro atoms. The van der Waals surface area contributed by atoms with Gasteiger partial charge in [-0.05, 0) is 28.5 Å². The van der Waals surface area contributed by atoms with Gasteiger partial charge in [-0.15, -0.1) is 11.6 Å². The first-order valence-electron chi connectivity index (χ1n) is 9.86. The van der Waals surface area contributed by atoms with E-state index in [0.29, 0.717) is 17.8 Å². The minimum Gasteiger partial charge on any atom is -0.270 e. The molecule has 0 aromatic heterocycles. The van der Waals surface area contributed by atoms with Crippen LogP contribution in [0.25, 0.3) is 10.8 Å². The van der Waals surface area contributed by atoms with Gasteiger partial charge in [0, 0.05) is 12.0 Å². The van der Waals surface area contributed by atoms with E-state index in [1.807, 2.05) is 84.9 Å². The predicted molar refractivity (Wildman–Crippen MR) is 123 cm³/mol. The van der Waals surface area contributed by atoms with Gasteiger partial charge in [0.2, 0.25) is 0 Å². The Balaban J connectivity index is 1.64. The second-order valence-electron chi connectivity index (χ2n) is 7.38. The zero-order chi connectivity index (χ0) is 20.6. The van der Waals surface area contributed by atoms with Crippen LogP contribution < -0.4 is 5.01 Å². The monoisotopic (exact) mass is 410 g/mol. The highest BCUT2D eigenvalue weighted by Crippen LogP contribution is 2.38. The molecule has 1 aliphatic rings. The van der Waals surface area contributed by atoms with Crippen LogP contribution in [-0.4, -0.2) is 16.5 Å². The van der Waals surface area contributed by atoms with Crippen LogP contribution >= 0.6 is 11.6 Å². The summed E-state index contributed by atoms with van der Waals surface area (Å²) in [6.07, 6.45) is 0.353. The van der Waals surface area contributed by atoms with E-state index in [2.05, 4.69) is 18.2 Å². The number of anilines is 1. The quantitative estimate of drug-likeness (QED) is 0.391. The number of amides is 1. The summed E-state index contributed by atoms with van der Waals surface area (Å²) >= 11 is 7.18. The summed E-state index contributed by atoms with van der Waals surface area (Å²) in [4.78, 5) is 12.3. The highest BCUT2D eigenvalue weighted by atomic mass is 35.5. The van der Waals surface area contributed by atoms with Crippen molar-refractivity contribution in [3.8, 4) is 0 Å². The molecule has 1 heterocycles. The van der Waals surface area contributed by atoms with Crippen molar-refractivity contribution in [1.29, 1.82) is 0 Å². The molecule has 0 bridgehead atoms. The highest BCUT2D eigenvalue weighted by molar-refractivity contribution is 6.53. The molecule has 4 aromatic rings. The number of hydrazone groups is 1. The van der Waals surface area contributed by atoms with E-state index in [1.54, 1.807) is 0 Å². The van der Waals surface area contributed by atoms with Crippen molar-refractivity contribution in [1.82, 2.24) is 0 Å². The molecule has 1 amide bonds. The standard InChI is InChI=1S/C26H19ClN2O/c27-26(18-21-14-9-13-19-10-7-8-17-23(19)21)24(20-11-3-1-4-12-20)28-29(25(26)30)22-15-5-2-6-16-22/h1-17H,18H2/t26-/m0/s1. The summed E-state index contributed by atoms with van der Waals surface area (Å²) in [5.74, 6) is -0.234. The molecule has 30 heavy (non-hydrogen) atoms. The lowest BCUT2D eigenvalue weighted by atomic mass is 9.88. The van der Waals surface area contributed by atoms with Crippen LogP contribution in [0.5, 0.6) is 0 Å². The number of benzene rings is 4. The Kier molecular flexibility index (Phi) is 4.61. The number of para-hydroxylation sites is 1. The lowest BCUT2D eigenvalue weighted by molar-refractivity contribution is -0.118. The van der Waals surface area contributed by atoms with E-state index in [9.17, 15) is 4.79 Å². The number of carbonyl (C=O) groups is 1. The number of hydrogen-bond donors (Lipinski definition) is 0. The molecule has 0 radical (unpaired) electrons. The van der Waals surface area contributed by atoms with Crippen LogP contribution in [0.15, 0.2) is 108 Å². The molecule has 0 saturated carbocycles. The van der Waals surface area contributed by atoms with Crippen molar-refractivity contribution >= 4 is 39.7 Å². The van der Waals surface area contributed by atoms with Gasteiger partial charge in [-0.25, -0.2) is 0 Å². The molecule has 0 saturated heterocycles. The van der Waals surface area contributed by atoms with Crippen molar-refractivity contribution in [3.05, 3.63) is 114 Å². The number of nitrogens with zero attached hydrogens (tertiary/aromatic N) is 2. The van der Waals surface area contributed by atoms with E-state index in [-0.39, 0.29) is 5.91 Å². The highest BCUT2D eigenvalue weighted by Gasteiger charge is 2.51. The number of fused-ring (bicyclic) bond motifs is 1. The molecule has 1 aliphatic heterocycles. The van der Waals surface area contributed by atoms with Crippen LogP contribution in [0, 0.1) is 0 Å². The fraction of sp³-hybridized carbons (Fsp3) is 0.0769. The van der Waals surface area contributed by atoms with E-state index in [0.717, 1.165) is 21.9 Å². The molecule has 3 nitrogen and oxygen atoms in total. The van der Waals surface area contributed by atoms with Crippen LogP contribution in [0.1, 0.15) is 11.1 Å². The van der Waals surface area contributed by atoms with Gasteiger partial charge in [-0.2, -0.15) is 10.1 Å². The van der Waals surface area contributed by atoms with Gasteiger partial charge in [0.05, 0.1) is 11.4 Å². The van der Waals surface area contributed by atoms with Gasteiger partial charge in [0.15, 0.2) is 4.87 Å². The molecule has 146 valence electrons. The molecule has 0 fully saturated rings. The van der Waals surface area contributed by atoms with Crippen molar-refractivity contribution < 1.29 is 4.79 Å². The second kappa shape index (κ2) is 7.43. The van der Waals surface area contributed by atoms with E-state index in [4.69, 9.17) is 16.7 Å². The van der Waals surface area contributed by atoms with Gasteiger partial charge in [0.1, 0.15) is 0 Å². The van der Waals surface area contributed by atoms with E-state index in [1.165, 1.54) is 5.01 Å². The lowest BCUT2D eigenvalue weighted by Gasteiger charge is -2.23. The number of alkyl halides is 1. The zero-order valence-corrected chi connectivity index (χ0v) is 17.0. The summed E-state index contributed by atoms with van der Waals surface area (Å²) < 4.78 is 0. The van der Waals surface area contributed by atoms with Crippen molar-refractivity contribution in [2.45, 2.75) is 11.3 Å². The first kappa shape index (κ1) is 18.6. The average molecular weight is 411 g/mol. The van der Waals surface area contributed by atoms with E-state index >= 15 is 0 Å². The third-order valence-electron chi connectivity index (χ3n) is 5.47. The van der Waals surface area contributed by atoms with Gasteiger partial charge in [-0.1, -0.05) is 91.0 Å². The minimum absolute atomic E-state index is 0.234.